The number of nitrogens with two attached hydrogens (primary N) is 1. The Labute approximate surface area is 131 Å². The first-order valence-electron chi connectivity index (χ1n) is 7.55. The number of phenolic OH excluding ortho intramolecular Hbond substituents is 1. The lowest BCUT2D eigenvalue weighted by molar-refractivity contribution is 0.133. The molecular formula is C18H23NO3. The van der Waals surface area contributed by atoms with Gasteiger partial charge in [-0.1, -0.05) is 43.7 Å². The number of hydrogen-bond donors (Lipinski definition) is 3. The normalized spacial score (nSPS) is 13.6. The largest absolute Gasteiger partial charge is 0.507 e. The molecule has 0 aliphatic heterocycles. The van der Waals surface area contributed by atoms with Crippen LogP contribution in [0.5, 0.6) is 11.5 Å². The summed E-state index contributed by atoms with van der Waals surface area (Å²) in [5.74, 6) is 0.621. The number of aliphatic hydroxyl groups is 1. The van der Waals surface area contributed by atoms with E-state index < -0.39 is 12.1 Å². The van der Waals surface area contributed by atoms with Crippen molar-refractivity contribution in [2.24, 2.45) is 5.73 Å². The summed E-state index contributed by atoms with van der Waals surface area (Å²) in [5.41, 5.74) is 7.58. The number of phenols is 1. The number of benzene rings is 2. The first-order chi connectivity index (χ1) is 10.6. The number of rotatable bonds is 7. The van der Waals surface area contributed by atoms with E-state index in [0.717, 1.165) is 12.0 Å². The molecule has 4 N–H and O–H groups in total. The first kappa shape index (κ1) is 16.3. The molecule has 2 atom stereocenters. The Morgan fingerprint density at radius 1 is 1.14 bits per heavy atom. The van der Waals surface area contributed by atoms with Crippen LogP contribution in [0.15, 0.2) is 48.5 Å². The van der Waals surface area contributed by atoms with Crippen LogP contribution in [0, 0.1) is 0 Å². The van der Waals surface area contributed by atoms with Crippen molar-refractivity contribution in [3.63, 3.8) is 0 Å². The molecule has 0 fully saturated rings. The molecule has 0 heterocycles. The average molecular weight is 301 g/mol. The molecule has 118 valence electrons. The zero-order valence-electron chi connectivity index (χ0n) is 12.8. The Morgan fingerprint density at radius 3 is 2.50 bits per heavy atom. The van der Waals surface area contributed by atoms with Gasteiger partial charge in [-0.15, -0.1) is 0 Å². The predicted molar refractivity (Wildman–Crippen MR) is 86.7 cm³/mol. The summed E-state index contributed by atoms with van der Waals surface area (Å²) in [7, 11) is 0. The minimum absolute atomic E-state index is 0.0493. The maximum Gasteiger partial charge on any atom is 0.124 e. The molecule has 0 saturated carbocycles. The van der Waals surface area contributed by atoms with E-state index in [4.69, 9.17) is 10.5 Å². The maximum absolute atomic E-state index is 10.1. The summed E-state index contributed by atoms with van der Waals surface area (Å²) in [6.45, 7) is 2.42. The van der Waals surface area contributed by atoms with Crippen LogP contribution >= 0.6 is 0 Å². The highest BCUT2D eigenvalue weighted by molar-refractivity contribution is 5.41. The third kappa shape index (κ3) is 4.23. The summed E-state index contributed by atoms with van der Waals surface area (Å²) in [5, 5.41) is 20.1. The lowest BCUT2D eigenvalue weighted by Crippen LogP contribution is -2.26. The minimum atomic E-state index is -0.660. The van der Waals surface area contributed by atoms with Crippen LogP contribution in [0.1, 0.15) is 36.9 Å². The van der Waals surface area contributed by atoms with Crippen LogP contribution in [-0.2, 0) is 6.61 Å². The highest BCUT2D eigenvalue weighted by Gasteiger charge is 2.19. The van der Waals surface area contributed by atoms with Crippen molar-refractivity contribution in [1.29, 1.82) is 0 Å². The van der Waals surface area contributed by atoms with E-state index in [1.165, 1.54) is 6.07 Å². The third-order valence-corrected chi connectivity index (χ3v) is 3.61. The molecule has 4 nitrogen and oxygen atoms in total. The summed E-state index contributed by atoms with van der Waals surface area (Å²) >= 11 is 0. The molecule has 0 bridgehead atoms. The average Bonchev–Trinajstić information content (AvgIpc) is 2.53. The molecule has 0 amide bonds. The van der Waals surface area contributed by atoms with Crippen molar-refractivity contribution in [2.45, 2.75) is 38.5 Å². The standard InChI is InChI=1S/C18H23NO3/c1-2-6-16(20)18(19)15-10-9-14(11-17(15)21)22-12-13-7-4-3-5-8-13/h3-5,7-11,16,18,20-21H,2,6,12,19H2,1H3/t16-,18+/m0/s1. The summed E-state index contributed by atoms with van der Waals surface area (Å²) in [4.78, 5) is 0. The smallest absolute Gasteiger partial charge is 0.124 e. The molecule has 0 spiro atoms. The fourth-order valence-corrected chi connectivity index (χ4v) is 2.32. The van der Waals surface area contributed by atoms with Crippen molar-refractivity contribution in [1.82, 2.24) is 0 Å². The van der Waals surface area contributed by atoms with Gasteiger partial charge in [0.05, 0.1) is 12.1 Å². The summed E-state index contributed by atoms with van der Waals surface area (Å²) < 4.78 is 5.65. The molecule has 0 aliphatic carbocycles. The SMILES string of the molecule is CCC[C@H](O)[C@H](N)c1ccc(OCc2ccccc2)cc1O. The Hall–Kier alpha value is -2.04. The molecule has 2 rings (SSSR count). The predicted octanol–water partition coefficient (Wildman–Crippen LogP) is 3.13. The number of aliphatic hydroxyl groups excluding tert-OH is 1. The van der Waals surface area contributed by atoms with Gasteiger partial charge in [0, 0.05) is 11.6 Å². The quantitative estimate of drug-likeness (QED) is 0.734. The van der Waals surface area contributed by atoms with Crippen LogP contribution < -0.4 is 10.5 Å². The lowest BCUT2D eigenvalue weighted by Gasteiger charge is -2.20. The molecule has 0 radical (unpaired) electrons. The van der Waals surface area contributed by atoms with Gasteiger partial charge in [-0.05, 0) is 24.1 Å². The van der Waals surface area contributed by atoms with Gasteiger partial charge in [0.15, 0.2) is 0 Å². The van der Waals surface area contributed by atoms with Gasteiger partial charge in [0.1, 0.15) is 18.1 Å². The molecule has 0 aliphatic rings. The fraction of sp³-hybridized carbons (Fsp3) is 0.333. The van der Waals surface area contributed by atoms with Crippen LogP contribution in [0.2, 0.25) is 0 Å². The molecule has 0 saturated heterocycles. The van der Waals surface area contributed by atoms with E-state index in [1.54, 1.807) is 12.1 Å². The van der Waals surface area contributed by atoms with Crippen molar-refractivity contribution in [3.05, 3.63) is 59.7 Å². The Kier molecular flexibility index (Phi) is 5.81. The highest BCUT2D eigenvalue weighted by atomic mass is 16.5. The van der Waals surface area contributed by atoms with Gasteiger partial charge < -0.3 is 20.7 Å². The van der Waals surface area contributed by atoms with Gasteiger partial charge in [-0.3, -0.25) is 0 Å². The van der Waals surface area contributed by atoms with Crippen molar-refractivity contribution in [3.8, 4) is 11.5 Å². The van der Waals surface area contributed by atoms with Gasteiger partial charge in [0.2, 0.25) is 0 Å². The van der Waals surface area contributed by atoms with E-state index >= 15 is 0 Å². The molecular weight excluding hydrogens is 278 g/mol. The maximum atomic E-state index is 10.1. The Bertz CT molecular complexity index is 586. The fourth-order valence-electron chi connectivity index (χ4n) is 2.32. The molecule has 4 heteroatoms. The van der Waals surface area contributed by atoms with Crippen molar-refractivity contribution in [2.75, 3.05) is 0 Å². The molecule has 0 unspecified atom stereocenters. The van der Waals surface area contributed by atoms with Crippen LogP contribution in [-0.4, -0.2) is 16.3 Å². The highest BCUT2D eigenvalue weighted by Crippen LogP contribution is 2.30. The van der Waals surface area contributed by atoms with Crippen LogP contribution in [0.4, 0.5) is 0 Å². The van der Waals surface area contributed by atoms with E-state index in [1.807, 2.05) is 37.3 Å². The molecule has 2 aromatic carbocycles. The van der Waals surface area contributed by atoms with Gasteiger partial charge >= 0.3 is 0 Å². The van der Waals surface area contributed by atoms with Gasteiger partial charge in [-0.25, -0.2) is 0 Å². The van der Waals surface area contributed by atoms with E-state index in [-0.39, 0.29) is 5.75 Å². The van der Waals surface area contributed by atoms with Crippen molar-refractivity contribution >= 4 is 0 Å². The Morgan fingerprint density at radius 2 is 1.86 bits per heavy atom. The summed E-state index contributed by atoms with van der Waals surface area (Å²) in [6, 6.07) is 14.2. The monoisotopic (exact) mass is 301 g/mol. The van der Waals surface area contributed by atoms with E-state index in [2.05, 4.69) is 0 Å². The summed E-state index contributed by atoms with van der Waals surface area (Å²) in [6.07, 6.45) is 0.785. The molecule has 22 heavy (non-hydrogen) atoms. The number of ether oxygens (including phenoxy) is 1. The third-order valence-electron chi connectivity index (χ3n) is 3.61. The van der Waals surface area contributed by atoms with E-state index in [0.29, 0.717) is 24.3 Å². The number of aromatic hydroxyl groups is 1. The molecule has 0 aromatic heterocycles. The Balaban J connectivity index is 2.03. The second kappa shape index (κ2) is 7.82. The molecule has 2 aromatic rings. The number of hydrogen-bond acceptors (Lipinski definition) is 4. The first-order valence-corrected chi connectivity index (χ1v) is 7.55. The van der Waals surface area contributed by atoms with Gasteiger partial charge in [0.25, 0.3) is 0 Å². The van der Waals surface area contributed by atoms with Crippen LogP contribution in [0.3, 0.4) is 0 Å². The zero-order valence-corrected chi connectivity index (χ0v) is 12.8. The van der Waals surface area contributed by atoms with Crippen molar-refractivity contribution < 1.29 is 14.9 Å². The lowest BCUT2D eigenvalue weighted by atomic mass is 9.98. The second-order valence-corrected chi connectivity index (χ2v) is 5.38. The second-order valence-electron chi connectivity index (χ2n) is 5.38. The van der Waals surface area contributed by atoms with Crippen LogP contribution in [0.25, 0.3) is 0 Å². The van der Waals surface area contributed by atoms with E-state index in [9.17, 15) is 10.2 Å². The topological polar surface area (TPSA) is 75.7 Å². The van der Waals surface area contributed by atoms with Gasteiger partial charge in [-0.2, -0.15) is 0 Å². The zero-order chi connectivity index (χ0) is 15.9. The minimum Gasteiger partial charge on any atom is -0.507 e.